The van der Waals surface area contributed by atoms with Gasteiger partial charge in [-0.3, -0.25) is 4.98 Å². The lowest BCUT2D eigenvalue weighted by molar-refractivity contribution is 0.670. The zero-order valence-corrected chi connectivity index (χ0v) is 29.9. The summed E-state index contributed by atoms with van der Waals surface area (Å²) in [5.74, 6) is 0. The van der Waals surface area contributed by atoms with Crippen LogP contribution in [0.2, 0.25) is 0 Å². The van der Waals surface area contributed by atoms with Crippen LogP contribution < -0.4 is 4.90 Å². The fourth-order valence-corrected chi connectivity index (χ4v) is 9.11. The SMILES string of the molecule is c1ccc(-c2ccc(N(c3cccc4c3-c3ccccc3C4(c3ccccc3)c3ccccc3)c3cncc4oc5c6ccccc6ccc5c34)cc2)cc1. The van der Waals surface area contributed by atoms with Gasteiger partial charge in [0, 0.05) is 22.0 Å². The lowest BCUT2D eigenvalue weighted by Crippen LogP contribution is -2.28. The van der Waals surface area contributed by atoms with Crippen LogP contribution in [0.15, 0.2) is 211 Å². The van der Waals surface area contributed by atoms with E-state index in [2.05, 4.69) is 199 Å². The van der Waals surface area contributed by atoms with Crippen LogP contribution in [0.5, 0.6) is 0 Å². The number of rotatable bonds is 6. The number of aromatic nitrogens is 1. The van der Waals surface area contributed by atoms with E-state index < -0.39 is 5.41 Å². The maximum atomic E-state index is 6.71. The van der Waals surface area contributed by atoms with Gasteiger partial charge in [0.15, 0.2) is 5.58 Å². The van der Waals surface area contributed by atoms with Crippen molar-refractivity contribution < 1.29 is 4.42 Å². The van der Waals surface area contributed by atoms with Crippen molar-refractivity contribution in [3.63, 3.8) is 0 Å². The van der Waals surface area contributed by atoms with Crippen molar-refractivity contribution in [2.24, 2.45) is 0 Å². The number of nitrogens with zero attached hydrogens (tertiary/aromatic N) is 2. The number of furan rings is 1. The van der Waals surface area contributed by atoms with Crippen LogP contribution in [0.3, 0.4) is 0 Å². The topological polar surface area (TPSA) is 29.3 Å². The van der Waals surface area contributed by atoms with Crippen molar-refractivity contribution in [1.29, 1.82) is 0 Å². The Balaban J connectivity index is 1.23. The molecule has 0 fully saturated rings. The van der Waals surface area contributed by atoms with Crippen molar-refractivity contribution in [1.82, 2.24) is 4.98 Å². The van der Waals surface area contributed by atoms with Crippen LogP contribution in [0.25, 0.3) is 55.0 Å². The molecule has 3 heteroatoms. The summed E-state index contributed by atoms with van der Waals surface area (Å²) >= 11 is 0. The molecule has 0 aliphatic heterocycles. The molecule has 0 radical (unpaired) electrons. The second-order valence-electron chi connectivity index (χ2n) is 14.3. The van der Waals surface area contributed by atoms with Gasteiger partial charge in [-0.2, -0.15) is 0 Å². The number of pyridine rings is 1. The molecular weight excluding hydrogens is 669 g/mol. The third-order valence-electron chi connectivity index (χ3n) is 11.4. The highest BCUT2D eigenvalue weighted by molar-refractivity contribution is 6.19. The van der Waals surface area contributed by atoms with Crippen LogP contribution in [0, 0.1) is 0 Å². The first-order chi connectivity index (χ1) is 27.3. The maximum absolute atomic E-state index is 6.71. The molecule has 10 aromatic rings. The highest BCUT2D eigenvalue weighted by atomic mass is 16.3. The molecule has 1 aliphatic carbocycles. The van der Waals surface area contributed by atoms with Crippen LogP contribution in [-0.4, -0.2) is 4.98 Å². The Labute approximate surface area is 319 Å². The van der Waals surface area contributed by atoms with Crippen LogP contribution in [-0.2, 0) is 5.41 Å². The highest BCUT2D eigenvalue weighted by Gasteiger charge is 2.47. The maximum Gasteiger partial charge on any atom is 0.155 e. The van der Waals surface area contributed by atoms with E-state index in [0.717, 1.165) is 55.3 Å². The van der Waals surface area contributed by atoms with E-state index in [1.165, 1.54) is 38.9 Å². The van der Waals surface area contributed by atoms with Gasteiger partial charge in [0.25, 0.3) is 0 Å². The number of anilines is 3. The van der Waals surface area contributed by atoms with Gasteiger partial charge in [-0.1, -0.05) is 170 Å². The average Bonchev–Trinajstić information content (AvgIpc) is 3.80. The fraction of sp³-hybridized carbons (Fsp3) is 0.0192. The normalized spacial score (nSPS) is 12.9. The van der Waals surface area contributed by atoms with Crippen molar-refractivity contribution >= 4 is 49.8 Å². The Kier molecular flexibility index (Phi) is 7.08. The van der Waals surface area contributed by atoms with Gasteiger partial charge in [0.2, 0.25) is 0 Å². The first-order valence-electron chi connectivity index (χ1n) is 18.8. The summed E-state index contributed by atoms with van der Waals surface area (Å²) in [5.41, 5.74) is 13.9. The summed E-state index contributed by atoms with van der Waals surface area (Å²) in [6, 6.07) is 70.0. The molecule has 8 aromatic carbocycles. The van der Waals surface area contributed by atoms with Crippen molar-refractivity contribution in [2.75, 3.05) is 4.90 Å². The van der Waals surface area contributed by atoms with Crippen molar-refractivity contribution in [2.45, 2.75) is 5.41 Å². The van der Waals surface area contributed by atoms with E-state index in [4.69, 9.17) is 9.40 Å². The molecule has 2 aromatic heterocycles. The molecule has 0 amide bonds. The summed E-state index contributed by atoms with van der Waals surface area (Å²) in [6.07, 6.45) is 3.85. The first-order valence-corrected chi connectivity index (χ1v) is 18.8. The van der Waals surface area contributed by atoms with E-state index in [0.29, 0.717) is 0 Å². The smallest absolute Gasteiger partial charge is 0.155 e. The van der Waals surface area contributed by atoms with Crippen molar-refractivity contribution in [3.05, 3.63) is 229 Å². The van der Waals surface area contributed by atoms with Crippen LogP contribution in [0.4, 0.5) is 17.1 Å². The predicted molar refractivity (Wildman–Crippen MR) is 226 cm³/mol. The Bertz CT molecular complexity index is 2980. The molecule has 0 saturated carbocycles. The Hall–Kier alpha value is -7.23. The molecule has 0 atom stereocenters. The van der Waals surface area contributed by atoms with Gasteiger partial charge in [-0.25, -0.2) is 0 Å². The standard InChI is InChI=1S/C52H34N2O/c1-4-15-35(16-5-1)36-27-30-40(31-28-36)54(47-33-53-34-48-50(47)43-32-29-37-17-10-11-22-41(37)51(43)55-48)46-26-14-25-45-49(46)42-23-12-13-24-44(42)52(45,38-18-6-2-7-19-38)39-20-8-3-9-21-39/h1-34H. The molecule has 11 rings (SSSR count). The Morgan fingerprint density at radius 2 is 1.09 bits per heavy atom. The number of fused-ring (bicyclic) bond motifs is 8. The van der Waals surface area contributed by atoms with Gasteiger partial charge in [0.1, 0.15) is 5.58 Å². The largest absolute Gasteiger partial charge is 0.454 e. The molecule has 1 aliphatic rings. The van der Waals surface area contributed by atoms with E-state index in [-0.39, 0.29) is 0 Å². The van der Waals surface area contributed by atoms with Gasteiger partial charge in [-0.05, 0) is 68.6 Å². The summed E-state index contributed by atoms with van der Waals surface area (Å²) in [5, 5.41) is 4.33. The van der Waals surface area contributed by atoms with E-state index in [1.54, 1.807) is 0 Å². The molecule has 0 unspecified atom stereocenters. The minimum atomic E-state index is -0.529. The van der Waals surface area contributed by atoms with Gasteiger partial charge in [0.05, 0.1) is 34.6 Å². The zero-order valence-electron chi connectivity index (χ0n) is 29.9. The summed E-state index contributed by atoms with van der Waals surface area (Å²) < 4.78 is 6.71. The summed E-state index contributed by atoms with van der Waals surface area (Å²) in [6.45, 7) is 0. The second kappa shape index (κ2) is 12.4. The van der Waals surface area contributed by atoms with Gasteiger partial charge < -0.3 is 9.32 Å². The average molecular weight is 703 g/mol. The number of hydrogen-bond donors (Lipinski definition) is 0. The molecule has 55 heavy (non-hydrogen) atoms. The number of benzene rings is 8. The van der Waals surface area contributed by atoms with Gasteiger partial charge in [-0.15, -0.1) is 0 Å². The fourth-order valence-electron chi connectivity index (χ4n) is 9.11. The summed E-state index contributed by atoms with van der Waals surface area (Å²) in [7, 11) is 0. The minimum absolute atomic E-state index is 0.529. The third kappa shape index (κ3) is 4.66. The second-order valence-corrected chi connectivity index (χ2v) is 14.3. The first kappa shape index (κ1) is 31.3. The molecule has 0 saturated heterocycles. The lowest BCUT2D eigenvalue weighted by Gasteiger charge is -2.34. The Morgan fingerprint density at radius 3 is 1.85 bits per heavy atom. The van der Waals surface area contributed by atoms with E-state index in [9.17, 15) is 0 Å². The minimum Gasteiger partial charge on any atom is -0.454 e. The monoisotopic (exact) mass is 702 g/mol. The third-order valence-corrected chi connectivity index (χ3v) is 11.4. The van der Waals surface area contributed by atoms with Gasteiger partial charge >= 0.3 is 0 Å². The van der Waals surface area contributed by atoms with E-state index >= 15 is 0 Å². The van der Waals surface area contributed by atoms with Crippen LogP contribution in [0.1, 0.15) is 22.3 Å². The quantitative estimate of drug-likeness (QED) is 0.173. The molecule has 0 spiro atoms. The lowest BCUT2D eigenvalue weighted by atomic mass is 9.68. The number of hydrogen-bond acceptors (Lipinski definition) is 3. The zero-order chi connectivity index (χ0) is 36.3. The molecule has 0 N–H and O–H groups in total. The Morgan fingerprint density at radius 1 is 0.455 bits per heavy atom. The van der Waals surface area contributed by atoms with Crippen molar-refractivity contribution in [3.8, 4) is 22.3 Å². The predicted octanol–water partition coefficient (Wildman–Crippen LogP) is 13.6. The molecule has 2 heterocycles. The molecule has 258 valence electrons. The molecule has 3 nitrogen and oxygen atoms in total. The summed E-state index contributed by atoms with van der Waals surface area (Å²) in [4.78, 5) is 7.25. The van der Waals surface area contributed by atoms with Crippen LogP contribution >= 0.6 is 0 Å². The highest BCUT2D eigenvalue weighted by Crippen LogP contribution is 2.60. The molecule has 0 bridgehead atoms. The molecular formula is C52H34N2O. The van der Waals surface area contributed by atoms with E-state index in [1.807, 2.05) is 12.4 Å².